The maximum Gasteiger partial charge on any atom is 0.308 e. The summed E-state index contributed by atoms with van der Waals surface area (Å²) in [5, 5.41) is 8.32. The van der Waals surface area contributed by atoms with Crippen LogP contribution in [-0.4, -0.2) is 23.2 Å². The fourth-order valence-corrected chi connectivity index (χ4v) is 1.40. The van der Waals surface area contributed by atoms with E-state index in [1.54, 1.807) is 0 Å². The van der Waals surface area contributed by atoms with Crippen LogP contribution in [0.2, 0.25) is 5.15 Å². The zero-order valence-corrected chi connectivity index (χ0v) is 8.96. The molecule has 0 atom stereocenters. The Morgan fingerprint density at radius 1 is 1.69 bits per heavy atom. The lowest BCUT2D eigenvalue weighted by Crippen LogP contribution is -2.06. The maximum absolute atomic E-state index is 12.4. The molecule has 1 rings (SSSR count). The molecule has 0 saturated heterocycles. The molecule has 0 bridgehead atoms. The van der Waals surface area contributed by atoms with Crippen LogP contribution < -0.4 is 4.74 Å². The molecule has 1 N–H and O–H groups in total. The number of aliphatic carboxylic acids is 1. The van der Waals surface area contributed by atoms with E-state index in [9.17, 15) is 13.6 Å². The number of hydrogen-bond acceptors (Lipinski definition) is 3. The van der Waals surface area contributed by atoms with Crippen molar-refractivity contribution in [3.63, 3.8) is 0 Å². The van der Waals surface area contributed by atoms with E-state index in [2.05, 4.69) is 4.98 Å². The first-order valence-corrected chi connectivity index (χ1v) is 4.56. The molecule has 0 aromatic carbocycles. The number of methoxy groups -OCH3 is 1. The fraction of sp³-hybridized carbons (Fsp3) is 0.333. The Kier molecular flexibility index (Phi) is 4.00. The van der Waals surface area contributed by atoms with Crippen LogP contribution in [0.3, 0.4) is 0 Å². The van der Waals surface area contributed by atoms with Crippen molar-refractivity contribution in [3.05, 3.63) is 22.5 Å². The Morgan fingerprint density at radius 2 is 2.31 bits per heavy atom. The minimum Gasteiger partial charge on any atom is -0.496 e. The van der Waals surface area contributed by atoms with Crippen LogP contribution in [0.4, 0.5) is 8.78 Å². The molecule has 0 amide bonds. The van der Waals surface area contributed by atoms with E-state index in [-0.39, 0.29) is 16.5 Å². The summed E-state index contributed by atoms with van der Waals surface area (Å²) in [7, 11) is 1.24. The van der Waals surface area contributed by atoms with E-state index >= 15 is 0 Å². The minimum absolute atomic E-state index is 0.00213. The predicted octanol–water partition coefficient (Wildman–Crippen LogP) is 2.31. The number of aromatic nitrogens is 1. The largest absolute Gasteiger partial charge is 0.496 e. The standard InChI is InChI=1S/C9H8ClF2NO3/c1-16-6-3-5(9(11)12)13-8(10)4(6)2-7(14)15/h3,9H,2H2,1H3,(H,14,15). The van der Waals surface area contributed by atoms with Crippen molar-refractivity contribution in [3.8, 4) is 5.75 Å². The van der Waals surface area contributed by atoms with Gasteiger partial charge in [0.2, 0.25) is 0 Å². The third-order valence-corrected chi connectivity index (χ3v) is 2.14. The van der Waals surface area contributed by atoms with Crippen LogP contribution in [0.15, 0.2) is 6.07 Å². The Hall–Kier alpha value is -1.43. The number of pyridine rings is 1. The van der Waals surface area contributed by atoms with Crippen molar-refractivity contribution in [1.82, 2.24) is 4.98 Å². The molecule has 0 aliphatic carbocycles. The first-order chi connectivity index (χ1) is 7.45. The lowest BCUT2D eigenvalue weighted by molar-refractivity contribution is -0.136. The predicted molar refractivity (Wildman–Crippen MR) is 52.1 cm³/mol. The van der Waals surface area contributed by atoms with Gasteiger partial charge in [0.15, 0.2) is 0 Å². The van der Waals surface area contributed by atoms with Crippen LogP contribution in [-0.2, 0) is 11.2 Å². The van der Waals surface area contributed by atoms with Crippen molar-refractivity contribution in [1.29, 1.82) is 0 Å². The van der Waals surface area contributed by atoms with Gasteiger partial charge in [-0.15, -0.1) is 0 Å². The normalized spacial score (nSPS) is 10.6. The lowest BCUT2D eigenvalue weighted by Gasteiger charge is -2.10. The zero-order valence-electron chi connectivity index (χ0n) is 8.21. The topological polar surface area (TPSA) is 59.4 Å². The molecule has 1 aromatic rings. The SMILES string of the molecule is COc1cc(C(F)F)nc(Cl)c1CC(=O)O. The summed E-state index contributed by atoms with van der Waals surface area (Å²) in [5.74, 6) is -1.15. The molecule has 1 heterocycles. The summed E-state index contributed by atoms with van der Waals surface area (Å²) in [4.78, 5) is 13.9. The summed E-state index contributed by atoms with van der Waals surface area (Å²) in [5.41, 5.74) is -0.461. The number of halogens is 3. The molecule has 16 heavy (non-hydrogen) atoms. The van der Waals surface area contributed by atoms with Crippen molar-refractivity contribution in [2.45, 2.75) is 12.8 Å². The van der Waals surface area contributed by atoms with E-state index < -0.39 is 24.5 Å². The second kappa shape index (κ2) is 5.07. The van der Waals surface area contributed by atoms with E-state index in [0.29, 0.717) is 0 Å². The third kappa shape index (κ3) is 2.79. The summed E-state index contributed by atoms with van der Waals surface area (Å²) < 4.78 is 29.5. The minimum atomic E-state index is -2.79. The van der Waals surface area contributed by atoms with Gasteiger partial charge in [0.25, 0.3) is 6.43 Å². The molecule has 7 heteroatoms. The lowest BCUT2D eigenvalue weighted by atomic mass is 10.1. The smallest absolute Gasteiger partial charge is 0.308 e. The number of rotatable bonds is 4. The molecule has 0 fully saturated rings. The Morgan fingerprint density at radius 3 is 2.75 bits per heavy atom. The fourth-order valence-electron chi connectivity index (χ4n) is 1.14. The van der Waals surface area contributed by atoms with Crippen molar-refractivity contribution in [2.24, 2.45) is 0 Å². The third-order valence-electron chi connectivity index (χ3n) is 1.82. The summed E-state index contributed by atoms with van der Waals surface area (Å²) >= 11 is 5.61. The van der Waals surface area contributed by atoms with Crippen LogP contribution in [0.5, 0.6) is 5.75 Å². The highest BCUT2D eigenvalue weighted by molar-refractivity contribution is 6.30. The molecule has 0 saturated carbocycles. The highest BCUT2D eigenvalue weighted by Crippen LogP contribution is 2.30. The number of carboxylic acid groups (broad SMARTS) is 1. The van der Waals surface area contributed by atoms with Gasteiger partial charge in [-0.25, -0.2) is 13.8 Å². The molecule has 88 valence electrons. The average Bonchev–Trinajstić information content (AvgIpc) is 2.19. The van der Waals surface area contributed by atoms with Gasteiger partial charge in [-0.2, -0.15) is 0 Å². The molecule has 4 nitrogen and oxygen atoms in total. The van der Waals surface area contributed by atoms with Gasteiger partial charge >= 0.3 is 5.97 Å². The van der Waals surface area contributed by atoms with Crippen LogP contribution in [0, 0.1) is 0 Å². The Bertz CT molecular complexity index is 412. The van der Waals surface area contributed by atoms with Gasteiger partial charge in [-0.1, -0.05) is 11.6 Å². The van der Waals surface area contributed by atoms with Gasteiger partial charge in [-0.05, 0) is 0 Å². The molecular weight excluding hydrogens is 244 g/mol. The van der Waals surface area contributed by atoms with Crippen molar-refractivity contribution < 1.29 is 23.4 Å². The monoisotopic (exact) mass is 251 g/mol. The van der Waals surface area contributed by atoms with E-state index in [4.69, 9.17) is 21.4 Å². The molecule has 0 radical (unpaired) electrons. The van der Waals surface area contributed by atoms with Gasteiger partial charge in [-0.3, -0.25) is 4.79 Å². The molecule has 0 spiro atoms. The molecule has 0 unspecified atom stereocenters. The quantitative estimate of drug-likeness (QED) is 0.834. The number of carboxylic acids is 1. The summed E-state index contributed by atoms with van der Waals surface area (Å²) in [6, 6.07) is 0.981. The molecule has 0 aliphatic rings. The van der Waals surface area contributed by atoms with Crippen molar-refractivity contribution >= 4 is 17.6 Å². The molecular formula is C9H8ClF2NO3. The van der Waals surface area contributed by atoms with Gasteiger partial charge < -0.3 is 9.84 Å². The molecule has 1 aromatic heterocycles. The van der Waals surface area contributed by atoms with Gasteiger partial charge in [0.1, 0.15) is 16.6 Å². The first-order valence-electron chi connectivity index (χ1n) is 4.19. The highest BCUT2D eigenvalue weighted by atomic mass is 35.5. The number of nitrogens with zero attached hydrogens (tertiary/aromatic N) is 1. The van der Waals surface area contributed by atoms with E-state index in [1.165, 1.54) is 7.11 Å². The highest BCUT2D eigenvalue weighted by Gasteiger charge is 2.18. The van der Waals surface area contributed by atoms with E-state index in [1.807, 2.05) is 0 Å². The second-order valence-electron chi connectivity index (χ2n) is 2.89. The Balaban J connectivity index is 3.22. The second-order valence-corrected chi connectivity index (χ2v) is 3.25. The van der Waals surface area contributed by atoms with E-state index in [0.717, 1.165) is 6.07 Å². The number of alkyl halides is 2. The van der Waals surface area contributed by atoms with Gasteiger partial charge in [0, 0.05) is 11.6 Å². The maximum atomic E-state index is 12.4. The van der Waals surface area contributed by atoms with Gasteiger partial charge in [0.05, 0.1) is 13.5 Å². The molecule has 0 aliphatic heterocycles. The summed E-state index contributed by atoms with van der Waals surface area (Å²) in [6.45, 7) is 0. The Labute approximate surface area is 94.8 Å². The van der Waals surface area contributed by atoms with Crippen LogP contribution in [0.1, 0.15) is 17.7 Å². The number of ether oxygens (including phenoxy) is 1. The summed E-state index contributed by atoms with van der Waals surface area (Å²) in [6.07, 6.45) is -3.22. The van der Waals surface area contributed by atoms with Crippen molar-refractivity contribution in [2.75, 3.05) is 7.11 Å². The zero-order chi connectivity index (χ0) is 12.3. The van der Waals surface area contributed by atoms with Crippen LogP contribution in [0.25, 0.3) is 0 Å². The number of hydrogen-bond donors (Lipinski definition) is 1. The average molecular weight is 252 g/mol. The number of carbonyl (C=O) groups is 1. The van der Waals surface area contributed by atoms with Crippen LogP contribution >= 0.6 is 11.6 Å². The first kappa shape index (κ1) is 12.6.